The second kappa shape index (κ2) is 6.22. The lowest BCUT2D eigenvalue weighted by Gasteiger charge is -2.32. The molecule has 7 heteroatoms. The molecular formula is C14H25N3O3S. The zero-order valence-corrected chi connectivity index (χ0v) is 13.2. The van der Waals surface area contributed by atoms with Gasteiger partial charge in [-0.25, -0.2) is 8.42 Å². The molecule has 0 bridgehead atoms. The number of hydrogen-bond donors (Lipinski definition) is 2. The number of amides is 1. The third kappa shape index (κ3) is 4.40. The van der Waals surface area contributed by atoms with Gasteiger partial charge in [-0.05, 0) is 25.7 Å². The Bertz CT molecular complexity index is 482. The van der Waals surface area contributed by atoms with Crippen LogP contribution in [0.2, 0.25) is 0 Å². The summed E-state index contributed by atoms with van der Waals surface area (Å²) < 4.78 is 23.1. The molecule has 3 aliphatic rings. The maximum Gasteiger partial charge on any atom is 0.221 e. The van der Waals surface area contributed by atoms with Crippen molar-refractivity contribution in [2.24, 2.45) is 0 Å². The van der Waals surface area contributed by atoms with E-state index in [1.54, 1.807) is 0 Å². The van der Waals surface area contributed by atoms with Crippen molar-refractivity contribution in [2.75, 3.05) is 31.1 Å². The first kappa shape index (κ1) is 15.2. The van der Waals surface area contributed by atoms with Gasteiger partial charge in [0.15, 0.2) is 9.84 Å². The van der Waals surface area contributed by atoms with E-state index in [1.807, 2.05) is 0 Å². The fourth-order valence-corrected chi connectivity index (χ4v) is 4.80. The van der Waals surface area contributed by atoms with Crippen LogP contribution in [-0.4, -0.2) is 68.5 Å². The normalized spacial score (nSPS) is 31.0. The minimum atomic E-state index is -2.97. The number of sulfone groups is 1. The van der Waals surface area contributed by atoms with Crippen LogP contribution in [0.3, 0.4) is 0 Å². The predicted molar refractivity (Wildman–Crippen MR) is 80.8 cm³/mol. The van der Waals surface area contributed by atoms with Gasteiger partial charge in [0.05, 0.1) is 11.5 Å². The largest absolute Gasteiger partial charge is 0.353 e. The molecule has 1 saturated carbocycles. The summed E-state index contributed by atoms with van der Waals surface area (Å²) in [7, 11) is -2.97. The highest BCUT2D eigenvalue weighted by Crippen LogP contribution is 2.29. The van der Waals surface area contributed by atoms with Crippen molar-refractivity contribution in [1.82, 2.24) is 15.5 Å². The number of hydrogen-bond acceptors (Lipinski definition) is 5. The Morgan fingerprint density at radius 3 is 2.52 bits per heavy atom. The van der Waals surface area contributed by atoms with Crippen LogP contribution < -0.4 is 10.6 Å². The molecule has 3 rings (SSSR count). The minimum Gasteiger partial charge on any atom is -0.353 e. The van der Waals surface area contributed by atoms with Gasteiger partial charge in [0.1, 0.15) is 0 Å². The lowest BCUT2D eigenvalue weighted by atomic mass is 10.0. The quantitative estimate of drug-likeness (QED) is 0.732. The SMILES string of the molecule is O=C(CC1CS(=O)(=O)CCN1)NC1CCN(C2CC2)CC1. The summed E-state index contributed by atoms with van der Waals surface area (Å²) in [5.41, 5.74) is 0. The molecule has 2 N–H and O–H groups in total. The number of likely N-dealkylation sites (tertiary alicyclic amines) is 1. The van der Waals surface area contributed by atoms with Gasteiger partial charge in [0, 0.05) is 44.2 Å². The molecule has 1 unspecified atom stereocenters. The molecule has 0 aromatic carbocycles. The van der Waals surface area contributed by atoms with E-state index in [2.05, 4.69) is 15.5 Å². The Morgan fingerprint density at radius 2 is 1.90 bits per heavy atom. The van der Waals surface area contributed by atoms with Crippen LogP contribution in [0.25, 0.3) is 0 Å². The summed E-state index contributed by atoms with van der Waals surface area (Å²) in [5.74, 6) is 0.250. The monoisotopic (exact) mass is 315 g/mol. The first-order valence-electron chi connectivity index (χ1n) is 7.99. The number of nitrogens with zero attached hydrogens (tertiary/aromatic N) is 1. The number of carbonyl (C=O) groups is 1. The maximum absolute atomic E-state index is 12.1. The van der Waals surface area contributed by atoms with Gasteiger partial charge >= 0.3 is 0 Å². The van der Waals surface area contributed by atoms with Crippen molar-refractivity contribution < 1.29 is 13.2 Å². The van der Waals surface area contributed by atoms with Crippen molar-refractivity contribution in [1.29, 1.82) is 0 Å². The number of carbonyl (C=O) groups excluding carboxylic acids is 1. The minimum absolute atomic E-state index is 0.0190. The van der Waals surface area contributed by atoms with Crippen molar-refractivity contribution in [2.45, 2.75) is 50.2 Å². The van der Waals surface area contributed by atoms with Crippen LogP contribution in [0, 0.1) is 0 Å². The molecule has 120 valence electrons. The molecule has 2 saturated heterocycles. The molecule has 0 radical (unpaired) electrons. The van der Waals surface area contributed by atoms with E-state index < -0.39 is 9.84 Å². The van der Waals surface area contributed by atoms with Crippen molar-refractivity contribution in [3.8, 4) is 0 Å². The molecule has 6 nitrogen and oxygen atoms in total. The van der Waals surface area contributed by atoms with Gasteiger partial charge in [-0.3, -0.25) is 4.79 Å². The summed E-state index contributed by atoms with van der Waals surface area (Å²) in [6, 6.07) is 0.835. The predicted octanol–water partition coefficient (Wildman–Crippen LogP) is -0.494. The van der Waals surface area contributed by atoms with Crippen molar-refractivity contribution in [3.63, 3.8) is 0 Å². The van der Waals surface area contributed by atoms with E-state index in [9.17, 15) is 13.2 Å². The standard InChI is InChI=1S/C14H25N3O3S/c18-14(9-12-10-21(19,20)8-5-15-12)16-11-3-6-17(7-4-11)13-1-2-13/h11-13,15H,1-10H2,(H,16,18). The van der Waals surface area contributed by atoms with Gasteiger partial charge in [0.25, 0.3) is 0 Å². The summed E-state index contributed by atoms with van der Waals surface area (Å²) in [4.78, 5) is 14.6. The number of nitrogens with one attached hydrogen (secondary N) is 2. The molecule has 1 amide bonds. The average Bonchev–Trinajstić information content (AvgIpc) is 3.22. The van der Waals surface area contributed by atoms with Crippen molar-refractivity contribution in [3.05, 3.63) is 0 Å². The van der Waals surface area contributed by atoms with Crippen LogP contribution in [-0.2, 0) is 14.6 Å². The third-order valence-corrected chi connectivity index (χ3v) is 6.43. The van der Waals surface area contributed by atoms with Gasteiger partial charge in [-0.2, -0.15) is 0 Å². The molecule has 0 spiro atoms. The highest BCUT2D eigenvalue weighted by atomic mass is 32.2. The molecule has 2 aliphatic heterocycles. The highest BCUT2D eigenvalue weighted by molar-refractivity contribution is 7.91. The summed E-state index contributed by atoms with van der Waals surface area (Å²) >= 11 is 0. The molecule has 2 heterocycles. The topological polar surface area (TPSA) is 78.5 Å². The lowest BCUT2D eigenvalue weighted by Crippen LogP contribution is -2.50. The zero-order valence-electron chi connectivity index (χ0n) is 12.4. The Hall–Kier alpha value is -0.660. The van der Waals surface area contributed by atoms with Crippen LogP contribution >= 0.6 is 0 Å². The van der Waals surface area contributed by atoms with Crippen LogP contribution in [0.4, 0.5) is 0 Å². The van der Waals surface area contributed by atoms with Gasteiger partial charge in [-0.1, -0.05) is 0 Å². The second-order valence-electron chi connectivity index (χ2n) is 6.58. The number of piperidine rings is 1. The van der Waals surface area contributed by atoms with Crippen LogP contribution in [0.5, 0.6) is 0 Å². The van der Waals surface area contributed by atoms with E-state index in [0.29, 0.717) is 6.54 Å². The zero-order chi connectivity index (χ0) is 14.9. The average molecular weight is 315 g/mol. The maximum atomic E-state index is 12.1. The Morgan fingerprint density at radius 1 is 1.19 bits per heavy atom. The van der Waals surface area contributed by atoms with Crippen LogP contribution in [0.15, 0.2) is 0 Å². The fourth-order valence-electron chi connectivity index (χ4n) is 3.36. The van der Waals surface area contributed by atoms with Crippen molar-refractivity contribution >= 4 is 15.7 Å². The van der Waals surface area contributed by atoms with Gasteiger partial charge in [-0.15, -0.1) is 0 Å². The summed E-state index contributed by atoms with van der Waals surface area (Å²) in [6.07, 6.45) is 4.96. The molecule has 21 heavy (non-hydrogen) atoms. The molecule has 1 atom stereocenters. The van der Waals surface area contributed by atoms with Gasteiger partial charge in [0.2, 0.25) is 5.91 Å². The third-order valence-electron chi connectivity index (χ3n) is 4.69. The molecule has 0 aromatic rings. The number of rotatable bonds is 4. The van der Waals surface area contributed by atoms with E-state index in [4.69, 9.17) is 0 Å². The first-order chi connectivity index (χ1) is 10.0. The fraction of sp³-hybridized carbons (Fsp3) is 0.929. The van der Waals surface area contributed by atoms with E-state index >= 15 is 0 Å². The highest BCUT2D eigenvalue weighted by Gasteiger charge is 2.32. The van der Waals surface area contributed by atoms with Gasteiger partial charge < -0.3 is 15.5 Å². The molecular weight excluding hydrogens is 290 g/mol. The summed E-state index contributed by atoms with van der Waals surface area (Å²) in [6.45, 7) is 2.61. The Kier molecular flexibility index (Phi) is 4.51. The molecule has 3 fully saturated rings. The van der Waals surface area contributed by atoms with E-state index in [-0.39, 0.29) is 35.9 Å². The Labute approximate surface area is 126 Å². The Balaban J connectivity index is 1.40. The molecule has 1 aliphatic carbocycles. The smallest absolute Gasteiger partial charge is 0.221 e. The van der Waals surface area contributed by atoms with E-state index in [0.717, 1.165) is 32.0 Å². The lowest BCUT2D eigenvalue weighted by molar-refractivity contribution is -0.122. The second-order valence-corrected chi connectivity index (χ2v) is 8.81. The first-order valence-corrected chi connectivity index (χ1v) is 9.81. The molecule has 0 aromatic heterocycles. The summed E-state index contributed by atoms with van der Waals surface area (Å²) in [5, 5.41) is 6.20. The van der Waals surface area contributed by atoms with E-state index in [1.165, 1.54) is 12.8 Å². The van der Waals surface area contributed by atoms with Crippen LogP contribution in [0.1, 0.15) is 32.1 Å².